The van der Waals surface area contributed by atoms with Crippen molar-refractivity contribution in [3.05, 3.63) is 76.2 Å². The van der Waals surface area contributed by atoms with Gasteiger partial charge in [0.25, 0.3) is 0 Å². The number of amides is 2. The van der Waals surface area contributed by atoms with E-state index >= 15 is 0 Å². The lowest BCUT2D eigenvalue weighted by Gasteiger charge is -2.27. The zero-order valence-corrected chi connectivity index (χ0v) is 24.6. The lowest BCUT2D eigenvalue weighted by Crippen LogP contribution is -2.30. The van der Waals surface area contributed by atoms with Gasteiger partial charge in [0.2, 0.25) is 11.8 Å². The second kappa shape index (κ2) is 14.3. The minimum Gasteiger partial charge on any atom is -0.481 e. The van der Waals surface area contributed by atoms with E-state index in [2.05, 4.69) is 27.7 Å². The normalized spacial score (nSPS) is 13.6. The SMILES string of the molecule is CCC(Sc1cccc(NC(=O)CCC(=O)O)c1)C(=O)Nc1sc2c(c1C(=O)OC)CCN(Cc1ccccc1)C2. The molecular formula is C30H33N3O6S2. The number of hydrogen-bond donors (Lipinski definition) is 3. The van der Waals surface area contributed by atoms with Gasteiger partial charge in [-0.25, -0.2) is 4.79 Å². The number of rotatable bonds is 12. The Kier molecular flexibility index (Phi) is 10.6. The van der Waals surface area contributed by atoms with Crippen LogP contribution in [0.25, 0.3) is 0 Å². The second-order valence-corrected chi connectivity index (χ2v) is 12.0. The fourth-order valence-corrected chi connectivity index (χ4v) is 6.90. The molecule has 4 rings (SSSR count). The van der Waals surface area contributed by atoms with Crippen LogP contribution in [0.3, 0.4) is 0 Å². The molecule has 0 saturated carbocycles. The van der Waals surface area contributed by atoms with E-state index < -0.39 is 23.1 Å². The predicted octanol–water partition coefficient (Wildman–Crippen LogP) is 5.41. The minimum absolute atomic E-state index is 0.121. The lowest BCUT2D eigenvalue weighted by molar-refractivity contribution is -0.138. The zero-order chi connectivity index (χ0) is 29.4. The molecule has 3 aromatic rings. The highest BCUT2D eigenvalue weighted by atomic mass is 32.2. The quantitative estimate of drug-likeness (QED) is 0.188. The van der Waals surface area contributed by atoms with Crippen LogP contribution in [0.2, 0.25) is 0 Å². The van der Waals surface area contributed by atoms with Crippen LogP contribution in [0, 0.1) is 0 Å². The van der Waals surface area contributed by atoms with Crippen LogP contribution in [-0.4, -0.2) is 52.7 Å². The van der Waals surface area contributed by atoms with E-state index in [4.69, 9.17) is 9.84 Å². The number of anilines is 2. The highest BCUT2D eigenvalue weighted by Crippen LogP contribution is 2.39. The Morgan fingerprint density at radius 2 is 1.85 bits per heavy atom. The molecule has 0 radical (unpaired) electrons. The maximum atomic E-state index is 13.4. The van der Waals surface area contributed by atoms with Crippen LogP contribution in [0.4, 0.5) is 10.7 Å². The first-order chi connectivity index (χ1) is 19.8. The maximum Gasteiger partial charge on any atom is 0.341 e. The van der Waals surface area contributed by atoms with Crippen LogP contribution in [0.1, 0.15) is 52.5 Å². The summed E-state index contributed by atoms with van der Waals surface area (Å²) in [4.78, 5) is 53.2. The topological polar surface area (TPSA) is 125 Å². The first-order valence-electron chi connectivity index (χ1n) is 13.4. The molecule has 9 nitrogen and oxygen atoms in total. The number of carboxylic acid groups (broad SMARTS) is 1. The molecular weight excluding hydrogens is 562 g/mol. The van der Waals surface area contributed by atoms with Gasteiger partial charge in [0.1, 0.15) is 5.00 Å². The van der Waals surface area contributed by atoms with Crippen molar-refractivity contribution in [2.75, 3.05) is 24.3 Å². The minimum atomic E-state index is -1.03. The van der Waals surface area contributed by atoms with Gasteiger partial charge in [-0.3, -0.25) is 19.3 Å². The summed E-state index contributed by atoms with van der Waals surface area (Å²) in [6.45, 7) is 4.20. The number of nitrogens with one attached hydrogen (secondary N) is 2. The summed E-state index contributed by atoms with van der Waals surface area (Å²) >= 11 is 2.78. The summed E-state index contributed by atoms with van der Waals surface area (Å²) < 4.78 is 5.09. The molecule has 216 valence electrons. The molecule has 0 bridgehead atoms. The first kappa shape index (κ1) is 30.3. The first-order valence-corrected chi connectivity index (χ1v) is 15.0. The van der Waals surface area contributed by atoms with Gasteiger partial charge in [0, 0.05) is 41.5 Å². The number of benzene rings is 2. The van der Waals surface area contributed by atoms with E-state index in [0.29, 0.717) is 35.6 Å². The number of carbonyl (C=O) groups excluding carboxylic acids is 3. The Morgan fingerprint density at radius 3 is 2.56 bits per heavy atom. The van der Waals surface area contributed by atoms with Crippen molar-refractivity contribution in [1.29, 1.82) is 0 Å². The van der Waals surface area contributed by atoms with Crippen molar-refractivity contribution in [2.24, 2.45) is 0 Å². The molecule has 1 aliphatic rings. The van der Waals surface area contributed by atoms with Crippen molar-refractivity contribution in [3.8, 4) is 0 Å². The molecule has 1 unspecified atom stereocenters. The third kappa shape index (κ3) is 8.18. The smallest absolute Gasteiger partial charge is 0.341 e. The van der Waals surface area contributed by atoms with Crippen LogP contribution in [0.15, 0.2) is 59.5 Å². The van der Waals surface area contributed by atoms with Gasteiger partial charge in [-0.05, 0) is 42.2 Å². The van der Waals surface area contributed by atoms with Crippen LogP contribution in [0.5, 0.6) is 0 Å². The van der Waals surface area contributed by atoms with Crippen LogP contribution < -0.4 is 10.6 Å². The molecule has 1 aromatic heterocycles. The number of aliphatic carboxylic acids is 1. The van der Waals surface area contributed by atoms with Gasteiger partial charge in [-0.15, -0.1) is 23.1 Å². The molecule has 2 aromatic carbocycles. The Morgan fingerprint density at radius 1 is 1.07 bits per heavy atom. The second-order valence-electron chi connectivity index (χ2n) is 9.62. The van der Waals surface area contributed by atoms with Crippen molar-refractivity contribution < 1.29 is 29.0 Å². The van der Waals surface area contributed by atoms with Crippen LogP contribution >= 0.6 is 23.1 Å². The molecule has 1 aliphatic heterocycles. The Bertz CT molecular complexity index is 1410. The van der Waals surface area contributed by atoms with Gasteiger partial charge >= 0.3 is 11.9 Å². The van der Waals surface area contributed by atoms with Crippen molar-refractivity contribution >= 4 is 57.5 Å². The number of methoxy groups -OCH3 is 1. The summed E-state index contributed by atoms with van der Waals surface area (Å²) in [6.07, 6.45) is 0.859. The Balaban J connectivity index is 1.45. The molecule has 0 fully saturated rings. The summed E-state index contributed by atoms with van der Waals surface area (Å²) in [5.74, 6) is -2.11. The van der Waals surface area contributed by atoms with E-state index in [1.807, 2.05) is 31.2 Å². The number of thiophene rings is 1. The number of fused-ring (bicyclic) bond motifs is 1. The zero-order valence-electron chi connectivity index (χ0n) is 23.0. The molecule has 11 heteroatoms. The number of carboxylic acids is 1. The van der Waals surface area contributed by atoms with Gasteiger partial charge in [0.05, 0.1) is 24.3 Å². The Hall–Kier alpha value is -3.67. The molecule has 0 aliphatic carbocycles. The van der Waals surface area contributed by atoms with Crippen LogP contribution in [-0.2, 0) is 38.6 Å². The van der Waals surface area contributed by atoms with Gasteiger partial charge in [-0.1, -0.05) is 43.3 Å². The Labute approximate surface area is 247 Å². The fourth-order valence-electron chi connectivity index (χ4n) is 4.61. The third-order valence-corrected chi connectivity index (χ3v) is 9.13. The van der Waals surface area contributed by atoms with E-state index in [9.17, 15) is 19.2 Å². The molecule has 3 N–H and O–H groups in total. The number of hydrogen-bond acceptors (Lipinski definition) is 8. The van der Waals surface area contributed by atoms with Crippen molar-refractivity contribution in [1.82, 2.24) is 4.90 Å². The standard InChI is InChI=1S/C30H33N3O6S2/c1-3-23(40-21-11-7-10-20(16-21)31-25(34)12-13-26(35)36)28(37)32-29-27(30(38)39-2)22-14-15-33(18-24(22)41-29)17-19-8-5-4-6-9-19/h4-11,16,23H,3,12-15,17-18H2,1-2H3,(H,31,34)(H,32,37)(H,35,36). The van der Waals surface area contributed by atoms with E-state index in [1.165, 1.54) is 35.8 Å². The molecule has 0 saturated heterocycles. The highest BCUT2D eigenvalue weighted by molar-refractivity contribution is 8.00. The lowest BCUT2D eigenvalue weighted by atomic mass is 10.0. The van der Waals surface area contributed by atoms with E-state index in [1.54, 1.807) is 18.2 Å². The maximum absolute atomic E-state index is 13.4. The molecule has 2 amide bonds. The summed E-state index contributed by atoms with van der Waals surface area (Å²) in [7, 11) is 1.35. The fraction of sp³-hybridized carbons (Fsp3) is 0.333. The van der Waals surface area contributed by atoms with Gasteiger partial charge < -0.3 is 20.5 Å². The number of carbonyl (C=O) groups is 4. The average Bonchev–Trinajstić information content (AvgIpc) is 3.32. The van der Waals surface area contributed by atoms with Crippen molar-refractivity contribution in [2.45, 2.75) is 55.8 Å². The summed E-state index contributed by atoms with van der Waals surface area (Å²) in [6, 6.07) is 17.3. The predicted molar refractivity (Wildman–Crippen MR) is 160 cm³/mol. The molecule has 41 heavy (non-hydrogen) atoms. The number of thioether (sulfide) groups is 1. The number of esters is 1. The number of ether oxygens (including phenoxy) is 1. The number of nitrogens with zero attached hydrogens (tertiary/aromatic N) is 1. The summed E-state index contributed by atoms with van der Waals surface area (Å²) in [5, 5.41) is 14.5. The molecule has 1 atom stereocenters. The van der Waals surface area contributed by atoms with E-state index in [0.717, 1.165) is 28.4 Å². The monoisotopic (exact) mass is 595 g/mol. The van der Waals surface area contributed by atoms with Gasteiger partial charge in [0.15, 0.2) is 0 Å². The van der Waals surface area contributed by atoms with E-state index in [-0.39, 0.29) is 18.7 Å². The highest BCUT2D eigenvalue weighted by Gasteiger charge is 2.30. The molecule has 2 heterocycles. The molecule has 0 spiro atoms. The summed E-state index contributed by atoms with van der Waals surface area (Å²) in [5.41, 5.74) is 3.13. The van der Waals surface area contributed by atoms with Gasteiger partial charge in [-0.2, -0.15) is 0 Å². The largest absolute Gasteiger partial charge is 0.481 e. The third-order valence-electron chi connectivity index (χ3n) is 6.64. The van der Waals surface area contributed by atoms with Crippen molar-refractivity contribution in [3.63, 3.8) is 0 Å². The average molecular weight is 596 g/mol.